The highest BCUT2D eigenvalue weighted by atomic mass is 19.1. The Labute approximate surface area is 107 Å². The van der Waals surface area contributed by atoms with Crippen LogP contribution in [0.1, 0.15) is 18.1 Å². The summed E-state index contributed by atoms with van der Waals surface area (Å²) >= 11 is 0. The number of anilines is 1. The Balaban J connectivity index is 1.98. The zero-order valence-electron chi connectivity index (χ0n) is 10.7. The minimum absolute atomic E-state index is 0.183. The maximum absolute atomic E-state index is 13.1. The second-order valence-corrected chi connectivity index (χ2v) is 4.63. The van der Waals surface area contributed by atoms with Gasteiger partial charge in [0, 0.05) is 18.4 Å². The minimum Gasteiger partial charge on any atom is -0.381 e. The smallest absolute Gasteiger partial charge is 0.123 e. The van der Waals surface area contributed by atoms with Crippen molar-refractivity contribution in [3.63, 3.8) is 0 Å². The van der Waals surface area contributed by atoms with Gasteiger partial charge < -0.3 is 5.32 Å². The van der Waals surface area contributed by atoms with Crippen molar-refractivity contribution >= 4 is 5.69 Å². The third kappa shape index (κ3) is 3.55. The first kappa shape index (κ1) is 12.6. The molecule has 2 rings (SSSR count). The van der Waals surface area contributed by atoms with Crippen LogP contribution in [0.4, 0.5) is 10.1 Å². The van der Waals surface area contributed by atoms with E-state index >= 15 is 0 Å². The van der Waals surface area contributed by atoms with Crippen molar-refractivity contribution in [3.05, 3.63) is 59.7 Å². The van der Waals surface area contributed by atoms with Gasteiger partial charge in [0.05, 0.1) is 5.69 Å². The maximum atomic E-state index is 13.1. The van der Waals surface area contributed by atoms with Crippen molar-refractivity contribution < 1.29 is 4.39 Å². The molecule has 3 heteroatoms. The van der Waals surface area contributed by atoms with Gasteiger partial charge in [0.2, 0.25) is 0 Å². The van der Waals surface area contributed by atoms with Crippen LogP contribution in [0.15, 0.2) is 42.7 Å². The largest absolute Gasteiger partial charge is 0.381 e. The first-order chi connectivity index (χ1) is 8.63. The predicted octanol–water partition coefficient (Wildman–Crippen LogP) is 3.57. The van der Waals surface area contributed by atoms with Gasteiger partial charge in [-0.15, -0.1) is 0 Å². The number of hydrogen-bond acceptors (Lipinski definition) is 2. The Morgan fingerprint density at radius 2 is 2.11 bits per heavy atom. The highest BCUT2D eigenvalue weighted by Gasteiger charge is 2.04. The molecular weight excluding hydrogens is 227 g/mol. The van der Waals surface area contributed by atoms with Crippen LogP contribution in [0, 0.1) is 12.7 Å². The van der Waals surface area contributed by atoms with Crippen molar-refractivity contribution in [3.8, 4) is 0 Å². The molecule has 1 aromatic carbocycles. The number of aromatic nitrogens is 1. The Bertz CT molecular complexity index is 478. The number of halogens is 1. The molecule has 0 saturated carbocycles. The predicted molar refractivity (Wildman–Crippen MR) is 72.2 cm³/mol. The molecule has 2 nitrogen and oxygen atoms in total. The van der Waals surface area contributed by atoms with Crippen LogP contribution in [0.25, 0.3) is 0 Å². The quantitative estimate of drug-likeness (QED) is 0.889. The average Bonchev–Trinajstić information content (AvgIpc) is 2.28. The number of rotatable bonds is 4. The van der Waals surface area contributed by atoms with E-state index in [4.69, 9.17) is 0 Å². The molecule has 1 heterocycles. The fourth-order valence-corrected chi connectivity index (χ4v) is 1.99. The van der Waals surface area contributed by atoms with Gasteiger partial charge in [-0.05, 0) is 49.6 Å². The third-order valence-corrected chi connectivity index (χ3v) is 2.72. The molecule has 0 radical (unpaired) electrons. The first-order valence-corrected chi connectivity index (χ1v) is 6.06. The van der Waals surface area contributed by atoms with Crippen molar-refractivity contribution in [1.29, 1.82) is 0 Å². The summed E-state index contributed by atoms with van der Waals surface area (Å²) in [5.41, 5.74) is 3.12. The summed E-state index contributed by atoms with van der Waals surface area (Å²) in [6, 6.07) is 9.00. The summed E-state index contributed by atoms with van der Waals surface area (Å²) in [5.74, 6) is -0.183. The van der Waals surface area contributed by atoms with E-state index in [1.165, 1.54) is 6.07 Å². The number of hydrogen-bond donors (Lipinski definition) is 1. The Kier molecular flexibility index (Phi) is 3.92. The van der Waals surface area contributed by atoms with Crippen LogP contribution >= 0.6 is 0 Å². The molecule has 0 fully saturated rings. The molecule has 0 saturated heterocycles. The molecule has 0 amide bonds. The summed E-state index contributed by atoms with van der Waals surface area (Å²) in [6.07, 6.45) is 4.41. The van der Waals surface area contributed by atoms with Crippen LogP contribution in [0.3, 0.4) is 0 Å². The first-order valence-electron chi connectivity index (χ1n) is 6.06. The standard InChI is InChI=1S/C15H17FN2/c1-11-6-15(10-17-9-11)18-12(2)7-13-4-3-5-14(16)8-13/h3-6,8-10,12,18H,7H2,1-2H3. The number of benzene rings is 1. The van der Waals surface area contributed by atoms with Crippen molar-refractivity contribution in [2.45, 2.75) is 26.3 Å². The van der Waals surface area contributed by atoms with Crippen LogP contribution < -0.4 is 5.32 Å². The summed E-state index contributed by atoms with van der Waals surface area (Å²) in [5, 5.41) is 3.37. The van der Waals surface area contributed by atoms with Crippen molar-refractivity contribution in [1.82, 2.24) is 4.98 Å². The van der Waals surface area contributed by atoms with E-state index in [1.807, 2.05) is 19.2 Å². The lowest BCUT2D eigenvalue weighted by molar-refractivity contribution is 0.624. The molecule has 94 valence electrons. The third-order valence-electron chi connectivity index (χ3n) is 2.72. The molecule has 1 unspecified atom stereocenters. The maximum Gasteiger partial charge on any atom is 0.123 e. The van der Waals surface area contributed by atoms with E-state index in [0.29, 0.717) is 0 Å². The number of aryl methyl sites for hydroxylation is 1. The Morgan fingerprint density at radius 1 is 1.28 bits per heavy atom. The van der Waals surface area contributed by atoms with Crippen molar-refractivity contribution in [2.75, 3.05) is 5.32 Å². The Morgan fingerprint density at radius 3 is 2.83 bits per heavy atom. The van der Waals surface area contributed by atoms with Gasteiger partial charge in [-0.25, -0.2) is 4.39 Å². The number of pyridine rings is 1. The zero-order chi connectivity index (χ0) is 13.0. The van der Waals surface area contributed by atoms with E-state index in [0.717, 1.165) is 23.2 Å². The molecule has 0 aliphatic rings. The SMILES string of the molecule is Cc1cncc(NC(C)Cc2cccc(F)c2)c1. The fraction of sp³-hybridized carbons (Fsp3) is 0.267. The lowest BCUT2D eigenvalue weighted by Gasteiger charge is -2.15. The topological polar surface area (TPSA) is 24.9 Å². The fourth-order valence-electron chi connectivity index (χ4n) is 1.99. The highest BCUT2D eigenvalue weighted by molar-refractivity contribution is 5.43. The second kappa shape index (κ2) is 5.63. The van der Waals surface area contributed by atoms with E-state index in [2.05, 4.69) is 23.3 Å². The molecule has 0 spiro atoms. The van der Waals surface area contributed by atoms with E-state index in [1.54, 1.807) is 18.3 Å². The molecule has 1 N–H and O–H groups in total. The van der Waals surface area contributed by atoms with E-state index in [9.17, 15) is 4.39 Å². The lowest BCUT2D eigenvalue weighted by atomic mass is 10.1. The van der Waals surface area contributed by atoms with Gasteiger partial charge >= 0.3 is 0 Å². The van der Waals surface area contributed by atoms with Crippen LogP contribution in [-0.2, 0) is 6.42 Å². The van der Waals surface area contributed by atoms with Gasteiger partial charge in [0.15, 0.2) is 0 Å². The van der Waals surface area contributed by atoms with Gasteiger partial charge in [-0.1, -0.05) is 12.1 Å². The van der Waals surface area contributed by atoms with Crippen LogP contribution in [-0.4, -0.2) is 11.0 Å². The normalized spacial score (nSPS) is 12.2. The van der Waals surface area contributed by atoms with Crippen molar-refractivity contribution in [2.24, 2.45) is 0 Å². The van der Waals surface area contributed by atoms with Gasteiger partial charge in [-0.2, -0.15) is 0 Å². The summed E-state index contributed by atoms with van der Waals surface area (Å²) in [4.78, 5) is 4.14. The van der Waals surface area contributed by atoms with Gasteiger partial charge in [0.1, 0.15) is 5.82 Å². The lowest BCUT2D eigenvalue weighted by Crippen LogP contribution is -2.18. The van der Waals surface area contributed by atoms with Crippen LogP contribution in [0.2, 0.25) is 0 Å². The monoisotopic (exact) mass is 244 g/mol. The molecule has 1 aromatic heterocycles. The average molecular weight is 244 g/mol. The Hall–Kier alpha value is -1.90. The number of nitrogens with zero attached hydrogens (tertiary/aromatic N) is 1. The molecule has 0 aliphatic carbocycles. The molecule has 1 atom stereocenters. The van der Waals surface area contributed by atoms with E-state index in [-0.39, 0.29) is 11.9 Å². The van der Waals surface area contributed by atoms with Gasteiger partial charge in [0.25, 0.3) is 0 Å². The zero-order valence-corrected chi connectivity index (χ0v) is 10.7. The summed E-state index contributed by atoms with van der Waals surface area (Å²) in [7, 11) is 0. The second-order valence-electron chi connectivity index (χ2n) is 4.63. The number of nitrogens with one attached hydrogen (secondary N) is 1. The van der Waals surface area contributed by atoms with Crippen LogP contribution in [0.5, 0.6) is 0 Å². The van der Waals surface area contributed by atoms with E-state index < -0.39 is 0 Å². The molecule has 18 heavy (non-hydrogen) atoms. The minimum atomic E-state index is -0.183. The molecule has 2 aromatic rings. The molecule has 0 aliphatic heterocycles. The summed E-state index contributed by atoms with van der Waals surface area (Å²) in [6.45, 7) is 4.09. The summed E-state index contributed by atoms with van der Waals surface area (Å²) < 4.78 is 13.1. The molecule has 0 bridgehead atoms. The van der Waals surface area contributed by atoms with Gasteiger partial charge in [-0.3, -0.25) is 4.98 Å². The highest BCUT2D eigenvalue weighted by Crippen LogP contribution is 2.12. The molecular formula is C15H17FN2.